The summed E-state index contributed by atoms with van der Waals surface area (Å²) in [6.07, 6.45) is -3.51. The Hall–Kier alpha value is -0.850. The summed E-state index contributed by atoms with van der Waals surface area (Å²) in [4.78, 5) is 13.4. The van der Waals surface area contributed by atoms with E-state index in [9.17, 15) is 22.4 Å². The van der Waals surface area contributed by atoms with Crippen molar-refractivity contribution in [1.82, 2.24) is 9.80 Å². The van der Waals surface area contributed by atoms with Crippen molar-refractivity contribution in [2.45, 2.75) is 18.8 Å². The third kappa shape index (κ3) is 4.34. The van der Waals surface area contributed by atoms with Gasteiger partial charge in [-0.15, -0.1) is 0 Å². The molecule has 0 saturated heterocycles. The third-order valence-corrected chi connectivity index (χ3v) is 2.00. The average Bonchev–Trinajstić information content (AvgIpc) is 2.15. The van der Waals surface area contributed by atoms with Gasteiger partial charge in [0, 0.05) is 13.6 Å². The van der Waals surface area contributed by atoms with Crippen LogP contribution in [0.15, 0.2) is 0 Å². The van der Waals surface area contributed by atoms with Crippen LogP contribution < -0.4 is 0 Å². The molecule has 0 aliphatic carbocycles. The maximum absolute atomic E-state index is 12.6. The Morgan fingerprint density at radius 3 is 2.06 bits per heavy atom. The molecule has 0 atom stereocenters. The monoisotopic (exact) mass is 244 g/mol. The lowest BCUT2D eigenvalue weighted by molar-refractivity contribution is -0.179. The fraction of sp³-hybridized carbons (Fsp3) is 0.889. The van der Waals surface area contributed by atoms with Crippen LogP contribution in [0, 0.1) is 0 Å². The maximum Gasteiger partial charge on any atom is 0.383 e. The number of amides is 1. The first-order valence-electron chi connectivity index (χ1n) is 4.75. The molecule has 0 aliphatic heterocycles. The van der Waals surface area contributed by atoms with Gasteiger partial charge in [-0.05, 0) is 27.1 Å². The van der Waals surface area contributed by atoms with Crippen LogP contribution in [0.1, 0.15) is 6.42 Å². The van der Waals surface area contributed by atoms with E-state index in [1.54, 1.807) is 14.1 Å². The number of hydrogen-bond acceptors (Lipinski definition) is 2. The number of carbonyl (C=O) groups excluding carboxylic acids is 1. The van der Waals surface area contributed by atoms with Crippen LogP contribution in [-0.4, -0.2) is 62.3 Å². The Bertz CT molecular complexity index is 234. The van der Waals surface area contributed by atoms with E-state index in [1.165, 1.54) is 0 Å². The highest BCUT2D eigenvalue weighted by Gasteiger charge is 2.50. The Kier molecular flexibility index (Phi) is 5.71. The minimum absolute atomic E-state index is 0.0271. The Balaban J connectivity index is 4.18. The molecule has 0 aliphatic rings. The van der Waals surface area contributed by atoms with Gasteiger partial charge in [0.2, 0.25) is 0 Å². The molecule has 0 aromatic rings. The Labute approximate surface area is 92.0 Å². The van der Waals surface area contributed by atoms with Crippen molar-refractivity contribution >= 4 is 5.91 Å². The van der Waals surface area contributed by atoms with Crippen LogP contribution in [0.25, 0.3) is 0 Å². The molecule has 0 aromatic heterocycles. The summed E-state index contributed by atoms with van der Waals surface area (Å²) < 4.78 is 49.0. The topological polar surface area (TPSA) is 23.6 Å². The minimum atomic E-state index is -4.59. The van der Waals surface area contributed by atoms with Crippen LogP contribution in [0.3, 0.4) is 0 Å². The average molecular weight is 244 g/mol. The molecular weight excluding hydrogens is 228 g/mol. The summed E-state index contributed by atoms with van der Waals surface area (Å²) in [5.74, 6) is -6.42. The number of carbonyl (C=O) groups is 1. The van der Waals surface area contributed by atoms with E-state index < -0.39 is 18.3 Å². The highest BCUT2D eigenvalue weighted by atomic mass is 19.3. The second-order valence-electron chi connectivity index (χ2n) is 3.81. The van der Waals surface area contributed by atoms with E-state index >= 15 is 0 Å². The molecule has 0 N–H and O–H groups in total. The van der Waals surface area contributed by atoms with E-state index in [0.29, 0.717) is 17.9 Å². The van der Waals surface area contributed by atoms with Gasteiger partial charge in [0.1, 0.15) is 0 Å². The van der Waals surface area contributed by atoms with Gasteiger partial charge >= 0.3 is 12.3 Å². The molecule has 0 fully saturated rings. The van der Waals surface area contributed by atoms with Crippen molar-refractivity contribution in [1.29, 1.82) is 0 Å². The SMILES string of the molecule is CN(C)CCCN(C)C(=O)C(F)(F)C(F)F. The molecule has 96 valence electrons. The van der Waals surface area contributed by atoms with Crippen LogP contribution in [0.5, 0.6) is 0 Å². The molecule has 0 radical (unpaired) electrons. The highest BCUT2D eigenvalue weighted by Crippen LogP contribution is 2.24. The van der Waals surface area contributed by atoms with Crippen LogP contribution in [-0.2, 0) is 4.79 Å². The van der Waals surface area contributed by atoms with Crippen molar-refractivity contribution in [3.05, 3.63) is 0 Å². The van der Waals surface area contributed by atoms with Gasteiger partial charge in [-0.3, -0.25) is 4.79 Å². The number of rotatable bonds is 6. The predicted molar refractivity (Wildman–Crippen MR) is 51.8 cm³/mol. The molecule has 0 rings (SSSR count). The zero-order chi connectivity index (χ0) is 12.9. The largest absolute Gasteiger partial charge is 0.383 e. The number of alkyl halides is 4. The smallest absolute Gasteiger partial charge is 0.340 e. The molecule has 3 nitrogen and oxygen atoms in total. The molecule has 0 heterocycles. The van der Waals surface area contributed by atoms with Gasteiger partial charge in [-0.25, -0.2) is 8.78 Å². The predicted octanol–water partition coefficient (Wildman–Crippen LogP) is 1.30. The Morgan fingerprint density at radius 1 is 1.19 bits per heavy atom. The first-order valence-corrected chi connectivity index (χ1v) is 4.75. The summed E-state index contributed by atoms with van der Waals surface area (Å²) in [7, 11) is 4.67. The van der Waals surface area contributed by atoms with E-state index in [1.807, 2.05) is 4.90 Å². The van der Waals surface area contributed by atoms with Crippen molar-refractivity contribution in [2.24, 2.45) is 0 Å². The first kappa shape index (κ1) is 15.2. The molecule has 16 heavy (non-hydrogen) atoms. The second kappa shape index (κ2) is 6.03. The van der Waals surface area contributed by atoms with Crippen molar-refractivity contribution in [3.63, 3.8) is 0 Å². The molecule has 0 saturated carbocycles. The van der Waals surface area contributed by atoms with Crippen LogP contribution in [0.4, 0.5) is 17.6 Å². The lowest BCUT2D eigenvalue weighted by Gasteiger charge is -2.23. The van der Waals surface area contributed by atoms with Gasteiger partial charge in [-0.2, -0.15) is 8.78 Å². The summed E-state index contributed by atoms with van der Waals surface area (Å²) in [5.41, 5.74) is 0. The van der Waals surface area contributed by atoms with Crippen molar-refractivity contribution < 1.29 is 22.4 Å². The normalized spacial score (nSPS) is 12.3. The zero-order valence-corrected chi connectivity index (χ0v) is 9.51. The third-order valence-electron chi connectivity index (χ3n) is 2.00. The second-order valence-corrected chi connectivity index (χ2v) is 3.81. The number of halogens is 4. The molecule has 0 bridgehead atoms. The van der Waals surface area contributed by atoms with Crippen molar-refractivity contribution in [3.8, 4) is 0 Å². The lowest BCUT2D eigenvalue weighted by Crippen LogP contribution is -2.46. The fourth-order valence-corrected chi connectivity index (χ4v) is 1.07. The molecule has 0 aromatic carbocycles. The summed E-state index contributed by atoms with van der Waals surface area (Å²) >= 11 is 0. The maximum atomic E-state index is 12.6. The molecule has 0 unspecified atom stereocenters. The number of hydrogen-bond donors (Lipinski definition) is 0. The van der Waals surface area contributed by atoms with Gasteiger partial charge in [0.25, 0.3) is 5.91 Å². The van der Waals surface area contributed by atoms with E-state index in [2.05, 4.69) is 0 Å². The van der Waals surface area contributed by atoms with Gasteiger partial charge < -0.3 is 9.80 Å². The molecule has 0 spiro atoms. The van der Waals surface area contributed by atoms with Crippen molar-refractivity contribution in [2.75, 3.05) is 34.2 Å². The molecule has 7 heteroatoms. The summed E-state index contributed by atoms with van der Waals surface area (Å²) in [5, 5.41) is 0. The highest BCUT2D eigenvalue weighted by molar-refractivity contribution is 5.83. The number of nitrogens with zero attached hydrogens (tertiary/aromatic N) is 2. The van der Waals surface area contributed by atoms with E-state index in [4.69, 9.17) is 0 Å². The lowest BCUT2D eigenvalue weighted by atomic mass is 10.3. The van der Waals surface area contributed by atoms with E-state index in [-0.39, 0.29) is 6.54 Å². The van der Waals surface area contributed by atoms with Gasteiger partial charge in [0.15, 0.2) is 0 Å². The summed E-state index contributed by atoms with van der Waals surface area (Å²) in [6, 6.07) is 0. The van der Waals surface area contributed by atoms with Crippen LogP contribution in [0.2, 0.25) is 0 Å². The van der Waals surface area contributed by atoms with Crippen LogP contribution >= 0.6 is 0 Å². The quantitative estimate of drug-likeness (QED) is 0.657. The Morgan fingerprint density at radius 2 is 1.69 bits per heavy atom. The minimum Gasteiger partial charge on any atom is -0.340 e. The molecular formula is C9H16F4N2O. The van der Waals surface area contributed by atoms with E-state index in [0.717, 1.165) is 7.05 Å². The summed E-state index contributed by atoms with van der Waals surface area (Å²) in [6.45, 7) is 0.622. The van der Waals surface area contributed by atoms with Gasteiger partial charge in [-0.1, -0.05) is 0 Å². The standard InChI is InChI=1S/C9H16F4N2O/c1-14(2)5-4-6-15(3)8(16)9(12,13)7(10)11/h7H,4-6H2,1-3H3. The van der Waals surface area contributed by atoms with Gasteiger partial charge in [0.05, 0.1) is 0 Å². The zero-order valence-electron chi connectivity index (χ0n) is 9.51. The molecule has 1 amide bonds. The fourth-order valence-electron chi connectivity index (χ4n) is 1.07. The first-order chi connectivity index (χ1) is 7.19.